The van der Waals surface area contributed by atoms with Crippen molar-refractivity contribution >= 4 is 47.4 Å². The van der Waals surface area contributed by atoms with Crippen molar-refractivity contribution in [3.8, 4) is 0 Å². The van der Waals surface area contributed by atoms with Gasteiger partial charge in [-0.3, -0.25) is 4.99 Å². The van der Waals surface area contributed by atoms with E-state index < -0.39 is 0 Å². The highest BCUT2D eigenvalue weighted by Crippen LogP contribution is 2.19. The van der Waals surface area contributed by atoms with Gasteiger partial charge in [0, 0.05) is 50.4 Å². The van der Waals surface area contributed by atoms with E-state index in [0.29, 0.717) is 6.54 Å². The minimum atomic E-state index is -0.193. The number of nitrogens with one attached hydrogen (secondary N) is 2. The summed E-state index contributed by atoms with van der Waals surface area (Å²) in [4.78, 5) is 6.70. The molecule has 0 aromatic heterocycles. The van der Waals surface area contributed by atoms with Gasteiger partial charge in [0.25, 0.3) is 0 Å². The lowest BCUT2D eigenvalue weighted by Gasteiger charge is -2.28. The molecule has 3 rings (SSSR count). The van der Waals surface area contributed by atoms with E-state index in [-0.39, 0.29) is 29.8 Å². The van der Waals surface area contributed by atoms with Crippen LogP contribution in [-0.2, 0) is 13.0 Å². The summed E-state index contributed by atoms with van der Waals surface area (Å²) < 4.78 is 13.2. The number of thioether (sulfide) groups is 1. The van der Waals surface area contributed by atoms with Gasteiger partial charge in [-0.15, -0.1) is 24.0 Å². The molecule has 1 aliphatic rings. The number of hydrogen-bond donors (Lipinski definition) is 2. The minimum Gasteiger partial charge on any atom is -0.370 e. The van der Waals surface area contributed by atoms with Gasteiger partial charge in [-0.2, -0.15) is 11.8 Å². The van der Waals surface area contributed by atoms with Gasteiger partial charge in [0.15, 0.2) is 5.96 Å². The Morgan fingerprint density at radius 3 is 2.50 bits per heavy atom. The van der Waals surface area contributed by atoms with Crippen LogP contribution in [0.15, 0.2) is 53.5 Å². The van der Waals surface area contributed by atoms with Crippen molar-refractivity contribution in [3.63, 3.8) is 0 Å². The number of hydrogen-bond acceptors (Lipinski definition) is 3. The summed E-state index contributed by atoms with van der Waals surface area (Å²) >= 11 is 2.03. The molecule has 0 radical (unpaired) electrons. The van der Waals surface area contributed by atoms with Crippen LogP contribution in [0.1, 0.15) is 11.1 Å². The van der Waals surface area contributed by atoms with Gasteiger partial charge in [-0.1, -0.05) is 24.3 Å². The normalized spacial score (nSPS) is 14.4. The zero-order valence-corrected chi connectivity index (χ0v) is 19.3. The Balaban J connectivity index is 0.00000280. The van der Waals surface area contributed by atoms with Crippen molar-refractivity contribution in [3.05, 3.63) is 65.5 Å². The number of rotatable bonds is 6. The van der Waals surface area contributed by atoms with Crippen molar-refractivity contribution < 1.29 is 4.39 Å². The summed E-state index contributed by atoms with van der Waals surface area (Å²) in [6, 6.07) is 15.5. The van der Waals surface area contributed by atoms with Crippen LogP contribution in [-0.4, -0.2) is 44.1 Å². The van der Waals surface area contributed by atoms with Gasteiger partial charge >= 0.3 is 0 Å². The maximum absolute atomic E-state index is 13.2. The van der Waals surface area contributed by atoms with E-state index in [9.17, 15) is 4.39 Å². The molecule has 28 heavy (non-hydrogen) atoms. The molecule has 2 aromatic carbocycles. The fourth-order valence-corrected chi connectivity index (χ4v) is 3.97. The first-order valence-corrected chi connectivity index (χ1v) is 10.5. The first kappa shape index (κ1) is 22.8. The molecule has 1 aliphatic heterocycles. The average molecular weight is 514 g/mol. The maximum Gasteiger partial charge on any atom is 0.191 e. The van der Waals surface area contributed by atoms with Gasteiger partial charge in [0.2, 0.25) is 0 Å². The molecule has 1 saturated heterocycles. The molecule has 1 heterocycles. The lowest BCUT2D eigenvalue weighted by molar-refractivity contribution is 0.625. The summed E-state index contributed by atoms with van der Waals surface area (Å²) in [5, 5.41) is 6.61. The third kappa shape index (κ3) is 7.16. The van der Waals surface area contributed by atoms with Crippen LogP contribution >= 0.6 is 35.7 Å². The lowest BCUT2D eigenvalue weighted by atomic mass is 10.1. The van der Waals surface area contributed by atoms with Crippen molar-refractivity contribution in [2.24, 2.45) is 4.99 Å². The number of halogens is 2. The zero-order chi connectivity index (χ0) is 18.9. The molecular formula is C21H28FIN4S. The quantitative estimate of drug-likeness (QED) is 0.349. The van der Waals surface area contributed by atoms with Crippen LogP contribution in [0.2, 0.25) is 0 Å². The standard InChI is InChI=1S/C21H27FN4S.HI/c1-23-21(24-10-9-17-3-2-4-19(22)15-17)25-16-18-5-7-20(8-6-18)26-11-13-27-14-12-26;/h2-8,15H,9-14,16H2,1H3,(H2,23,24,25);1H. The first-order valence-electron chi connectivity index (χ1n) is 9.35. The summed E-state index contributed by atoms with van der Waals surface area (Å²) in [7, 11) is 1.76. The molecule has 2 aromatic rings. The average Bonchev–Trinajstić information content (AvgIpc) is 2.72. The predicted molar refractivity (Wildman–Crippen MR) is 130 cm³/mol. The number of aliphatic imine (C=N–C) groups is 1. The third-order valence-corrected chi connectivity index (χ3v) is 5.53. The van der Waals surface area contributed by atoms with Crippen LogP contribution in [0.5, 0.6) is 0 Å². The van der Waals surface area contributed by atoms with Gasteiger partial charge in [-0.25, -0.2) is 4.39 Å². The second-order valence-corrected chi connectivity index (χ2v) is 7.72. The minimum absolute atomic E-state index is 0. The second-order valence-electron chi connectivity index (χ2n) is 6.50. The molecule has 0 spiro atoms. The smallest absolute Gasteiger partial charge is 0.191 e. The molecule has 4 nitrogen and oxygen atoms in total. The predicted octanol–water partition coefficient (Wildman–Crippen LogP) is 3.90. The monoisotopic (exact) mass is 514 g/mol. The van der Waals surface area contributed by atoms with Crippen LogP contribution < -0.4 is 15.5 Å². The zero-order valence-electron chi connectivity index (χ0n) is 16.2. The van der Waals surface area contributed by atoms with Crippen LogP contribution in [0.3, 0.4) is 0 Å². The fraction of sp³-hybridized carbons (Fsp3) is 0.381. The molecule has 7 heteroatoms. The Bertz CT molecular complexity index is 748. The van der Waals surface area contributed by atoms with E-state index in [2.05, 4.69) is 44.8 Å². The molecular weight excluding hydrogens is 486 g/mol. The number of benzene rings is 2. The highest BCUT2D eigenvalue weighted by atomic mass is 127. The van der Waals surface area contributed by atoms with E-state index >= 15 is 0 Å². The van der Waals surface area contributed by atoms with E-state index in [1.54, 1.807) is 19.2 Å². The molecule has 0 amide bonds. The Morgan fingerprint density at radius 1 is 1.07 bits per heavy atom. The molecule has 0 bridgehead atoms. The number of guanidine groups is 1. The third-order valence-electron chi connectivity index (χ3n) is 4.59. The van der Waals surface area contributed by atoms with Crippen LogP contribution in [0.4, 0.5) is 10.1 Å². The summed E-state index contributed by atoms with van der Waals surface area (Å²) in [6.07, 6.45) is 0.751. The van der Waals surface area contributed by atoms with Crippen molar-refractivity contribution in [1.82, 2.24) is 10.6 Å². The highest BCUT2D eigenvalue weighted by molar-refractivity contribution is 14.0. The number of anilines is 1. The Kier molecular flexibility index (Phi) is 9.91. The van der Waals surface area contributed by atoms with Gasteiger partial charge in [0.05, 0.1) is 0 Å². The van der Waals surface area contributed by atoms with Gasteiger partial charge in [0.1, 0.15) is 5.82 Å². The molecule has 0 saturated carbocycles. The summed E-state index contributed by atoms with van der Waals surface area (Å²) in [5.74, 6) is 2.98. The molecule has 152 valence electrons. The summed E-state index contributed by atoms with van der Waals surface area (Å²) in [5.41, 5.74) is 3.50. The molecule has 0 atom stereocenters. The van der Waals surface area contributed by atoms with Gasteiger partial charge in [-0.05, 0) is 41.8 Å². The highest BCUT2D eigenvalue weighted by Gasteiger charge is 2.10. The van der Waals surface area contributed by atoms with E-state index in [4.69, 9.17) is 0 Å². The van der Waals surface area contributed by atoms with Crippen molar-refractivity contribution in [1.29, 1.82) is 0 Å². The Hall–Kier alpha value is -1.48. The van der Waals surface area contributed by atoms with Crippen molar-refractivity contribution in [2.45, 2.75) is 13.0 Å². The topological polar surface area (TPSA) is 39.7 Å². The maximum atomic E-state index is 13.2. The van der Waals surface area contributed by atoms with E-state index in [0.717, 1.165) is 37.6 Å². The fourth-order valence-electron chi connectivity index (χ4n) is 3.07. The summed E-state index contributed by atoms with van der Waals surface area (Å²) in [6.45, 7) is 3.68. The number of nitrogens with zero attached hydrogens (tertiary/aromatic N) is 2. The van der Waals surface area contributed by atoms with Crippen LogP contribution in [0, 0.1) is 5.82 Å². The molecule has 0 aliphatic carbocycles. The Labute approximate surface area is 188 Å². The lowest BCUT2D eigenvalue weighted by Crippen LogP contribution is -2.37. The largest absolute Gasteiger partial charge is 0.370 e. The second kappa shape index (κ2) is 12.2. The molecule has 2 N–H and O–H groups in total. The Morgan fingerprint density at radius 2 is 1.82 bits per heavy atom. The van der Waals surface area contributed by atoms with E-state index in [1.165, 1.54) is 28.8 Å². The molecule has 1 fully saturated rings. The molecule has 0 unspecified atom stereocenters. The van der Waals surface area contributed by atoms with Crippen molar-refractivity contribution in [2.75, 3.05) is 43.1 Å². The van der Waals surface area contributed by atoms with Gasteiger partial charge < -0.3 is 15.5 Å². The SMILES string of the molecule is CN=C(NCCc1cccc(F)c1)NCc1ccc(N2CCSCC2)cc1.I. The van der Waals surface area contributed by atoms with Crippen LogP contribution in [0.25, 0.3) is 0 Å². The first-order chi connectivity index (χ1) is 13.2. The van der Waals surface area contributed by atoms with E-state index in [1.807, 2.05) is 17.8 Å².